The molecule has 1 heterocycles. The van der Waals surface area contributed by atoms with Crippen molar-refractivity contribution in [3.8, 4) is 0 Å². The monoisotopic (exact) mass is 288 g/mol. The number of benzene rings is 1. The highest BCUT2D eigenvalue weighted by molar-refractivity contribution is 5.98. The molecule has 3 rings (SSSR count). The van der Waals surface area contributed by atoms with Crippen LogP contribution in [-0.4, -0.2) is 25.7 Å². The van der Waals surface area contributed by atoms with Gasteiger partial charge in [-0.15, -0.1) is 0 Å². The fourth-order valence-corrected chi connectivity index (χ4v) is 4.02. The lowest BCUT2D eigenvalue weighted by Gasteiger charge is -2.46. The number of nitrogen functional groups attached to an aromatic ring is 1. The molecule has 1 aromatic carbocycles. The molecule has 1 aliphatic heterocycles. The number of anilines is 2. The fraction of sp³-hybridized carbons (Fsp3) is 0.588. The molecule has 2 fully saturated rings. The molecule has 1 aliphatic carbocycles. The van der Waals surface area contributed by atoms with E-state index >= 15 is 0 Å². The van der Waals surface area contributed by atoms with Crippen LogP contribution in [0.3, 0.4) is 0 Å². The van der Waals surface area contributed by atoms with Gasteiger partial charge < -0.3 is 15.4 Å². The number of nitrogens with two attached hydrogens (primary N) is 1. The average Bonchev–Trinajstić information content (AvgIpc) is 2.54. The molecular weight excluding hydrogens is 264 g/mol. The van der Waals surface area contributed by atoms with E-state index in [1.165, 1.54) is 45.6 Å². The van der Waals surface area contributed by atoms with Crippen molar-refractivity contribution < 1.29 is 9.53 Å². The van der Waals surface area contributed by atoms with Gasteiger partial charge in [0.2, 0.25) is 0 Å². The summed E-state index contributed by atoms with van der Waals surface area (Å²) in [6, 6.07) is 6.28. The topological polar surface area (TPSA) is 55.6 Å². The minimum atomic E-state index is -0.355. The molecule has 2 unspecified atom stereocenters. The zero-order chi connectivity index (χ0) is 14.8. The van der Waals surface area contributed by atoms with Gasteiger partial charge in [0.25, 0.3) is 0 Å². The molecule has 21 heavy (non-hydrogen) atoms. The summed E-state index contributed by atoms with van der Waals surface area (Å²) >= 11 is 0. The van der Waals surface area contributed by atoms with Gasteiger partial charge in [-0.2, -0.15) is 0 Å². The maximum Gasteiger partial charge on any atom is 0.340 e. The van der Waals surface area contributed by atoms with Crippen LogP contribution >= 0.6 is 0 Å². The Balaban J connectivity index is 1.93. The lowest BCUT2D eigenvalue weighted by molar-refractivity contribution is 0.0602. The number of nitrogens with zero attached hydrogens (tertiary/aromatic N) is 1. The van der Waals surface area contributed by atoms with Crippen LogP contribution in [0.1, 0.15) is 48.9 Å². The zero-order valence-corrected chi connectivity index (χ0v) is 12.7. The third-order valence-electron chi connectivity index (χ3n) is 5.04. The van der Waals surface area contributed by atoms with Crippen molar-refractivity contribution >= 4 is 17.3 Å². The van der Waals surface area contributed by atoms with Gasteiger partial charge >= 0.3 is 5.97 Å². The molecule has 0 bridgehead atoms. The van der Waals surface area contributed by atoms with E-state index in [0.717, 1.165) is 18.2 Å². The molecule has 4 heteroatoms. The molecule has 0 aromatic heterocycles. The predicted molar refractivity (Wildman–Crippen MR) is 84.5 cm³/mol. The Morgan fingerprint density at radius 2 is 2.00 bits per heavy atom. The minimum Gasteiger partial charge on any atom is -0.465 e. The van der Waals surface area contributed by atoms with Gasteiger partial charge in [0.05, 0.1) is 24.0 Å². The number of carbonyl (C=O) groups excluding carboxylic acids is 1. The molecule has 1 saturated carbocycles. The molecule has 114 valence electrons. The van der Waals surface area contributed by atoms with E-state index in [9.17, 15) is 4.79 Å². The van der Waals surface area contributed by atoms with Crippen molar-refractivity contribution in [1.29, 1.82) is 0 Å². The average molecular weight is 288 g/mol. The van der Waals surface area contributed by atoms with Crippen LogP contribution in [0.2, 0.25) is 0 Å². The third-order valence-corrected chi connectivity index (χ3v) is 5.04. The van der Waals surface area contributed by atoms with E-state index in [2.05, 4.69) is 4.90 Å². The standard InChI is InChI=1S/C17H24N2O2/c1-21-17(20)13-8-4-10-15(16(13)18)19-11-5-7-12-6-2-3-9-14(12)19/h4,8,10,12,14H,2-3,5-7,9,11,18H2,1H3. The largest absolute Gasteiger partial charge is 0.465 e. The van der Waals surface area contributed by atoms with Crippen LogP contribution in [-0.2, 0) is 4.74 Å². The summed E-state index contributed by atoms with van der Waals surface area (Å²) < 4.78 is 4.83. The van der Waals surface area contributed by atoms with Gasteiger partial charge in [-0.3, -0.25) is 0 Å². The number of ether oxygens (including phenoxy) is 1. The highest BCUT2D eigenvalue weighted by atomic mass is 16.5. The Kier molecular flexibility index (Phi) is 4.04. The molecule has 1 aromatic rings. The first kappa shape index (κ1) is 14.2. The molecular formula is C17H24N2O2. The van der Waals surface area contributed by atoms with Crippen molar-refractivity contribution in [1.82, 2.24) is 0 Å². The summed E-state index contributed by atoms with van der Waals surface area (Å²) in [5, 5.41) is 0. The summed E-state index contributed by atoms with van der Waals surface area (Å²) in [4.78, 5) is 14.3. The number of hydrogen-bond donors (Lipinski definition) is 1. The van der Waals surface area contributed by atoms with E-state index in [0.29, 0.717) is 17.3 Å². The fourth-order valence-electron chi connectivity index (χ4n) is 4.02. The molecule has 2 atom stereocenters. The third kappa shape index (κ3) is 2.59. The smallest absolute Gasteiger partial charge is 0.340 e. The first-order chi connectivity index (χ1) is 10.2. The second-order valence-electron chi connectivity index (χ2n) is 6.18. The SMILES string of the molecule is COC(=O)c1cccc(N2CCCC3CCCCC32)c1N. The number of hydrogen-bond acceptors (Lipinski definition) is 4. The van der Waals surface area contributed by atoms with Crippen LogP contribution in [0.4, 0.5) is 11.4 Å². The molecule has 2 N–H and O–H groups in total. The zero-order valence-electron chi connectivity index (χ0n) is 12.7. The maximum absolute atomic E-state index is 11.8. The number of rotatable bonds is 2. The lowest BCUT2D eigenvalue weighted by Crippen LogP contribution is -2.47. The predicted octanol–water partition coefficient (Wildman–Crippen LogP) is 3.21. The van der Waals surface area contributed by atoms with Gasteiger partial charge in [0.1, 0.15) is 0 Å². The summed E-state index contributed by atoms with van der Waals surface area (Å²) in [6.07, 6.45) is 7.77. The molecule has 4 nitrogen and oxygen atoms in total. The first-order valence-corrected chi connectivity index (χ1v) is 7.96. The number of methoxy groups -OCH3 is 1. The number of esters is 1. The number of para-hydroxylation sites is 1. The van der Waals surface area contributed by atoms with Crippen LogP contribution in [0.5, 0.6) is 0 Å². The summed E-state index contributed by atoms with van der Waals surface area (Å²) in [6.45, 7) is 1.04. The van der Waals surface area contributed by atoms with E-state index in [1.54, 1.807) is 6.07 Å². The van der Waals surface area contributed by atoms with E-state index in [1.807, 2.05) is 12.1 Å². The Bertz CT molecular complexity index is 528. The summed E-state index contributed by atoms with van der Waals surface area (Å²) in [5.41, 5.74) is 8.32. The Hall–Kier alpha value is -1.71. The Morgan fingerprint density at radius 1 is 1.24 bits per heavy atom. The van der Waals surface area contributed by atoms with Crippen molar-refractivity contribution in [2.45, 2.75) is 44.6 Å². The van der Waals surface area contributed by atoms with Crippen molar-refractivity contribution in [3.05, 3.63) is 23.8 Å². The quantitative estimate of drug-likeness (QED) is 0.670. The van der Waals surface area contributed by atoms with E-state index in [-0.39, 0.29) is 5.97 Å². The minimum absolute atomic E-state index is 0.355. The number of carbonyl (C=O) groups is 1. The molecule has 0 radical (unpaired) electrons. The maximum atomic E-state index is 11.8. The lowest BCUT2D eigenvalue weighted by atomic mass is 9.78. The van der Waals surface area contributed by atoms with Gasteiger partial charge in [-0.25, -0.2) is 4.79 Å². The normalized spacial score (nSPS) is 25.3. The van der Waals surface area contributed by atoms with Gasteiger partial charge in [0.15, 0.2) is 0 Å². The van der Waals surface area contributed by atoms with Crippen LogP contribution in [0, 0.1) is 5.92 Å². The number of piperidine rings is 1. The summed E-state index contributed by atoms with van der Waals surface area (Å²) in [7, 11) is 1.40. The van der Waals surface area contributed by atoms with Gasteiger partial charge in [-0.05, 0) is 43.7 Å². The van der Waals surface area contributed by atoms with E-state index in [4.69, 9.17) is 10.5 Å². The molecule has 1 saturated heterocycles. The Labute approximate surface area is 126 Å². The second-order valence-corrected chi connectivity index (χ2v) is 6.18. The molecule has 2 aliphatic rings. The molecule has 0 amide bonds. The van der Waals surface area contributed by atoms with Crippen molar-refractivity contribution in [2.24, 2.45) is 5.92 Å². The van der Waals surface area contributed by atoms with Crippen molar-refractivity contribution in [2.75, 3.05) is 24.3 Å². The van der Waals surface area contributed by atoms with Crippen LogP contribution in [0.15, 0.2) is 18.2 Å². The number of fused-ring (bicyclic) bond motifs is 1. The van der Waals surface area contributed by atoms with Gasteiger partial charge in [0, 0.05) is 12.6 Å². The van der Waals surface area contributed by atoms with Gasteiger partial charge in [-0.1, -0.05) is 18.9 Å². The highest BCUT2D eigenvalue weighted by Crippen LogP contribution is 2.40. The van der Waals surface area contributed by atoms with E-state index < -0.39 is 0 Å². The van der Waals surface area contributed by atoms with Crippen LogP contribution in [0.25, 0.3) is 0 Å². The second kappa shape index (κ2) is 5.96. The summed E-state index contributed by atoms with van der Waals surface area (Å²) in [5.74, 6) is 0.431. The van der Waals surface area contributed by atoms with Crippen LogP contribution < -0.4 is 10.6 Å². The first-order valence-electron chi connectivity index (χ1n) is 7.96. The molecule has 0 spiro atoms. The highest BCUT2D eigenvalue weighted by Gasteiger charge is 2.34. The van der Waals surface area contributed by atoms with Crippen molar-refractivity contribution in [3.63, 3.8) is 0 Å². The Morgan fingerprint density at radius 3 is 2.81 bits per heavy atom.